The molecule has 150 valence electrons. The Bertz CT molecular complexity index is 801. The molecule has 7 nitrogen and oxygen atoms in total. The summed E-state index contributed by atoms with van der Waals surface area (Å²) in [5.74, 6) is 3.02. The minimum Gasteiger partial charge on any atom is -0.493 e. The summed E-state index contributed by atoms with van der Waals surface area (Å²) in [6, 6.07) is 11.0. The highest BCUT2D eigenvalue weighted by molar-refractivity contribution is 6.13. The molecule has 0 aliphatic carbocycles. The average Bonchev–Trinajstić information content (AvgIpc) is 2.76. The molecule has 28 heavy (non-hydrogen) atoms. The van der Waals surface area contributed by atoms with E-state index < -0.39 is 0 Å². The van der Waals surface area contributed by atoms with E-state index in [9.17, 15) is 4.79 Å². The van der Waals surface area contributed by atoms with Crippen LogP contribution in [-0.2, 0) is 4.79 Å². The number of hydrogen-bond acceptors (Lipinski definition) is 6. The van der Waals surface area contributed by atoms with Crippen molar-refractivity contribution in [3.05, 3.63) is 48.6 Å². The Hall–Kier alpha value is -3.35. The Kier molecular flexibility index (Phi) is 7.14. The molecule has 0 aromatic heterocycles. The Morgan fingerprint density at radius 1 is 0.786 bits per heavy atom. The molecule has 1 aliphatic heterocycles. The highest BCUT2D eigenvalue weighted by atomic mass is 16.5. The van der Waals surface area contributed by atoms with Crippen LogP contribution in [0.5, 0.6) is 28.7 Å². The van der Waals surface area contributed by atoms with Crippen molar-refractivity contribution < 1.29 is 28.5 Å². The van der Waals surface area contributed by atoms with Crippen LogP contribution in [-0.4, -0.2) is 48.0 Å². The zero-order valence-electron chi connectivity index (χ0n) is 16.8. The van der Waals surface area contributed by atoms with E-state index in [2.05, 4.69) is 6.58 Å². The van der Waals surface area contributed by atoms with Crippen molar-refractivity contribution in [2.75, 3.05) is 47.0 Å². The second-order valence-electron chi connectivity index (χ2n) is 5.73. The SMILES string of the molecule is C=C1CN(c2cc(OC)c(OC)c(OC)c2)C1=O.COc1ccccc1OC. The fraction of sp³-hybridized carbons (Fsp3) is 0.286. The number of methoxy groups -OCH3 is 5. The minimum atomic E-state index is -0.0794. The lowest BCUT2D eigenvalue weighted by Gasteiger charge is -2.33. The molecule has 1 heterocycles. The van der Waals surface area contributed by atoms with Crippen molar-refractivity contribution in [2.45, 2.75) is 0 Å². The van der Waals surface area contributed by atoms with E-state index in [1.54, 1.807) is 31.3 Å². The van der Waals surface area contributed by atoms with Gasteiger partial charge in [0.1, 0.15) is 0 Å². The van der Waals surface area contributed by atoms with Gasteiger partial charge in [0.05, 0.1) is 47.8 Å². The van der Waals surface area contributed by atoms with Gasteiger partial charge in [0.25, 0.3) is 5.91 Å². The molecule has 2 aromatic carbocycles. The van der Waals surface area contributed by atoms with Crippen molar-refractivity contribution in [1.82, 2.24) is 0 Å². The summed E-state index contributed by atoms with van der Waals surface area (Å²) in [6.45, 7) is 4.18. The Morgan fingerprint density at radius 2 is 1.25 bits per heavy atom. The van der Waals surface area contributed by atoms with Crippen LogP contribution in [0.4, 0.5) is 5.69 Å². The molecule has 0 atom stereocenters. The Morgan fingerprint density at radius 3 is 1.57 bits per heavy atom. The molecule has 1 fully saturated rings. The number of carbonyl (C=O) groups excluding carboxylic acids is 1. The number of β-lactam (4-membered cyclic amide) rings is 1. The zero-order valence-corrected chi connectivity index (χ0v) is 16.8. The summed E-state index contributed by atoms with van der Waals surface area (Å²) in [5, 5.41) is 0. The number of anilines is 1. The summed E-state index contributed by atoms with van der Waals surface area (Å²) in [5.41, 5.74) is 1.31. The summed E-state index contributed by atoms with van der Waals surface area (Å²) < 4.78 is 25.7. The molecule has 7 heteroatoms. The van der Waals surface area contributed by atoms with Gasteiger partial charge in [0, 0.05) is 17.7 Å². The third kappa shape index (κ3) is 4.31. The first-order valence-electron chi connectivity index (χ1n) is 8.47. The number of rotatable bonds is 6. The van der Waals surface area contributed by atoms with E-state index in [4.69, 9.17) is 23.7 Å². The van der Waals surface area contributed by atoms with Crippen LogP contribution in [0.15, 0.2) is 48.6 Å². The summed E-state index contributed by atoms with van der Waals surface area (Å²) in [6.07, 6.45) is 0. The molecule has 3 rings (SSSR count). The van der Waals surface area contributed by atoms with Crippen molar-refractivity contribution in [1.29, 1.82) is 0 Å². The molecule has 0 bridgehead atoms. The molecule has 0 N–H and O–H groups in total. The molecule has 0 spiro atoms. The standard InChI is InChI=1S/C13H15NO4.C8H10O2/c1-8-7-14(13(8)15)9-5-10(16-2)12(18-4)11(6-9)17-3;1-9-7-5-3-4-6-8(7)10-2/h5-6H,1,7H2,2-4H3;3-6H,1-2H3. The number of amides is 1. The van der Waals surface area contributed by atoms with Crippen molar-refractivity contribution in [3.63, 3.8) is 0 Å². The van der Waals surface area contributed by atoms with Gasteiger partial charge in [0.15, 0.2) is 23.0 Å². The largest absolute Gasteiger partial charge is 0.493 e. The van der Waals surface area contributed by atoms with Gasteiger partial charge in [-0.15, -0.1) is 0 Å². The molecule has 1 amide bonds. The van der Waals surface area contributed by atoms with Crippen LogP contribution in [0.2, 0.25) is 0 Å². The zero-order chi connectivity index (χ0) is 20.7. The van der Waals surface area contributed by atoms with Crippen LogP contribution >= 0.6 is 0 Å². The molecule has 0 unspecified atom stereocenters. The number of carbonyl (C=O) groups is 1. The third-order valence-corrected chi connectivity index (χ3v) is 4.15. The maximum Gasteiger partial charge on any atom is 0.255 e. The van der Waals surface area contributed by atoms with Gasteiger partial charge in [-0.05, 0) is 12.1 Å². The van der Waals surface area contributed by atoms with Crippen LogP contribution in [0.1, 0.15) is 0 Å². The predicted octanol–water partition coefficient (Wildman–Crippen LogP) is 3.32. The lowest BCUT2D eigenvalue weighted by atomic mass is 10.1. The van der Waals surface area contributed by atoms with E-state index in [-0.39, 0.29) is 5.91 Å². The highest BCUT2D eigenvalue weighted by Gasteiger charge is 2.31. The van der Waals surface area contributed by atoms with Gasteiger partial charge in [-0.1, -0.05) is 18.7 Å². The first kappa shape index (κ1) is 21.0. The molecular weight excluding hydrogens is 362 g/mol. The van der Waals surface area contributed by atoms with Crippen molar-refractivity contribution in [3.8, 4) is 28.7 Å². The van der Waals surface area contributed by atoms with Crippen LogP contribution in [0.25, 0.3) is 0 Å². The second-order valence-corrected chi connectivity index (χ2v) is 5.73. The molecule has 1 saturated heterocycles. The number of hydrogen-bond donors (Lipinski definition) is 0. The van der Waals surface area contributed by atoms with E-state index in [1.807, 2.05) is 24.3 Å². The molecular formula is C21H25NO6. The van der Waals surface area contributed by atoms with Gasteiger partial charge in [0.2, 0.25) is 5.75 Å². The number of ether oxygens (including phenoxy) is 5. The van der Waals surface area contributed by atoms with Crippen LogP contribution in [0.3, 0.4) is 0 Å². The lowest BCUT2D eigenvalue weighted by Crippen LogP contribution is -2.45. The lowest BCUT2D eigenvalue weighted by molar-refractivity contribution is -0.117. The smallest absolute Gasteiger partial charge is 0.255 e. The molecule has 0 saturated carbocycles. The Labute approximate surface area is 165 Å². The third-order valence-electron chi connectivity index (χ3n) is 4.15. The molecule has 0 radical (unpaired) electrons. The summed E-state index contributed by atoms with van der Waals surface area (Å²) >= 11 is 0. The number of nitrogens with zero attached hydrogens (tertiary/aromatic N) is 1. The van der Waals surface area contributed by atoms with Crippen molar-refractivity contribution >= 4 is 11.6 Å². The fourth-order valence-corrected chi connectivity index (χ4v) is 2.65. The Balaban J connectivity index is 0.000000237. The molecule has 1 aliphatic rings. The van der Waals surface area contributed by atoms with E-state index in [0.29, 0.717) is 35.1 Å². The second kappa shape index (κ2) is 9.55. The van der Waals surface area contributed by atoms with Gasteiger partial charge < -0.3 is 28.6 Å². The highest BCUT2D eigenvalue weighted by Crippen LogP contribution is 2.42. The topological polar surface area (TPSA) is 66.5 Å². The van der Waals surface area contributed by atoms with E-state index >= 15 is 0 Å². The van der Waals surface area contributed by atoms with E-state index in [1.165, 1.54) is 21.3 Å². The monoisotopic (exact) mass is 387 g/mol. The van der Waals surface area contributed by atoms with Crippen molar-refractivity contribution in [2.24, 2.45) is 0 Å². The predicted molar refractivity (Wildman–Crippen MR) is 107 cm³/mol. The maximum atomic E-state index is 11.6. The molecule has 2 aromatic rings. The van der Waals surface area contributed by atoms with E-state index in [0.717, 1.165) is 11.5 Å². The normalized spacial score (nSPS) is 12.4. The van der Waals surface area contributed by atoms with Gasteiger partial charge in [-0.3, -0.25) is 4.79 Å². The van der Waals surface area contributed by atoms with Gasteiger partial charge in [-0.2, -0.15) is 0 Å². The van der Waals surface area contributed by atoms with Gasteiger partial charge in [-0.25, -0.2) is 0 Å². The maximum absolute atomic E-state index is 11.6. The fourth-order valence-electron chi connectivity index (χ4n) is 2.65. The number of benzene rings is 2. The van der Waals surface area contributed by atoms with Crippen LogP contribution in [0, 0.1) is 0 Å². The average molecular weight is 387 g/mol. The van der Waals surface area contributed by atoms with Gasteiger partial charge >= 0.3 is 0 Å². The minimum absolute atomic E-state index is 0.0794. The summed E-state index contributed by atoms with van der Waals surface area (Å²) in [7, 11) is 7.86. The summed E-state index contributed by atoms with van der Waals surface area (Å²) in [4.78, 5) is 13.2. The number of para-hydroxylation sites is 2. The first-order chi connectivity index (χ1) is 13.5. The quantitative estimate of drug-likeness (QED) is 0.560. The first-order valence-corrected chi connectivity index (χ1v) is 8.47. The van der Waals surface area contributed by atoms with Crippen LogP contribution < -0.4 is 28.6 Å².